The Morgan fingerprint density at radius 2 is 2.25 bits per heavy atom. The molecule has 0 saturated heterocycles. The first-order valence-electron chi connectivity index (χ1n) is 7.89. The first-order valence-corrected chi connectivity index (χ1v) is 8.71. The summed E-state index contributed by atoms with van der Waals surface area (Å²) in [6, 6.07) is 0. The van der Waals surface area contributed by atoms with Gasteiger partial charge in [-0.1, -0.05) is 6.92 Å². The Hall–Kier alpha value is -0.900. The lowest BCUT2D eigenvalue weighted by Crippen LogP contribution is -2.33. The van der Waals surface area contributed by atoms with Crippen LogP contribution in [0.3, 0.4) is 0 Å². The highest BCUT2D eigenvalue weighted by molar-refractivity contribution is 7.11. The van der Waals surface area contributed by atoms with E-state index in [2.05, 4.69) is 13.8 Å². The fourth-order valence-electron chi connectivity index (χ4n) is 3.52. The second kappa shape index (κ2) is 4.30. The number of amides is 1. The zero-order chi connectivity index (χ0) is 13.9. The fourth-order valence-corrected chi connectivity index (χ4v) is 4.81. The summed E-state index contributed by atoms with van der Waals surface area (Å²) in [6.45, 7) is 5.96. The molecule has 108 valence electrons. The van der Waals surface area contributed by atoms with Crippen LogP contribution in [0.4, 0.5) is 0 Å². The van der Waals surface area contributed by atoms with Crippen molar-refractivity contribution >= 4 is 17.2 Å². The molecule has 20 heavy (non-hydrogen) atoms. The molecule has 1 unspecified atom stereocenters. The Morgan fingerprint density at radius 3 is 2.90 bits per heavy atom. The summed E-state index contributed by atoms with van der Waals surface area (Å²) in [5.74, 6) is 1.92. The van der Waals surface area contributed by atoms with E-state index in [-0.39, 0.29) is 5.41 Å². The molecule has 1 atom stereocenters. The third-order valence-electron chi connectivity index (χ3n) is 5.33. The maximum absolute atomic E-state index is 12.5. The topological polar surface area (TPSA) is 33.2 Å². The molecule has 2 fully saturated rings. The Morgan fingerprint density at radius 1 is 1.50 bits per heavy atom. The normalized spacial score (nSPS) is 33.3. The predicted molar refractivity (Wildman–Crippen MR) is 79.6 cm³/mol. The maximum atomic E-state index is 12.5. The monoisotopic (exact) mass is 290 g/mol. The van der Waals surface area contributed by atoms with Gasteiger partial charge in [-0.05, 0) is 50.9 Å². The second-order valence-electron chi connectivity index (χ2n) is 6.91. The SMILES string of the molecule is CCN(Cc1nc2c(s1)CC(C)CC2)C(=O)C12CC1C2. The van der Waals surface area contributed by atoms with Gasteiger partial charge in [0.05, 0.1) is 17.7 Å². The summed E-state index contributed by atoms with van der Waals surface area (Å²) in [7, 11) is 0. The molecule has 3 nitrogen and oxygen atoms in total. The van der Waals surface area contributed by atoms with Gasteiger partial charge >= 0.3 is 0 Å². The number of hydrogen-bond acceptors (Lipinski definition) is 3. The van der Waals surface area contributed by atoms with Crippen LogP contribution < -0.4 is 0 Å². The molecule has 4 heteroatoms. The smallest absolute Gasteiger partial charge is 0.229 e. The Labute approximate surface area is 124 Å². The van der Waals surface area contributed by atoms with Crippen molar-refractivity contribution in [2.75, 3.05) is 6.54 Å². The minimum atomic E-state index is 0.0986. The lowest BCUT2D eigenvalue weighted by Gasteiger charge is -2.21. The lowest BCUT2D eigenvalue weighted by molar-refractivity contribution is -0.135. The maximum Gasteiger partial charge on any atom is 0.229 e. The Balaban J connectivity index is 1.49. The van der Waals surface area contributed by atoms with Crippen molar-refractivity contribution in [1.82, 2.24) is 9.88 Å². The largest absolute Gasteiger partial charge is 0.336 e. The minimum Gasteiger partial charge on any atom is -0.336 e. The highest BCUT2D eigenvalue weighted by Crippen LogP contribution is 2.76. The zero-order valence-electron chi connectivity index (χ0n) is 12.3. The lowest BCUT2D eigenvalue weighted by atomic mass is 9.93. The van der Waals surface area contributed by atoms with Gasteiger partial charge in [-0.15, -0.1) is 11.3 Å². The number of thiazole rings is 1. The second-order valence-corrected chi connectivity index (χ2v) is 8.07. The van der Waals surface area contributed by atoms with Crippen LogP contribution in [-0.2, 0) is 24.2 Å². The van der Waals surface area contributed by atoms with Crippen LogP contribution in [0.5, 0.6) is 0 Å². The minimum absolute atomic E-state index is 0.0986. The van der Waals surface area contributed by atoms with Gasteiger partial charge in [0, 0.05) is 11.4 Å². The van der Waals surface area contributed by atoms with E-state index in [4.69, 9.17) is 4.98 Å². The summed E-state index contributed by atoms with van der Waals surface area (Å²) in [4.78, 5) is 20.8. The van der Waals surface area contributed by atoms with E-state index in [0.717, 1.165) is 49.2 Å². The van der Waals surface area contributed by atoms with Crippen molar-refractivity contribution in [3.8, 4) is 0 Å². The zero-order valence-corrected chi connectivity index (χ0v) is 13.1. The van der Waals surface area contributed by atoms with E-state index in [0.29, 0.717) is 5.91 Å². The molecule has 1 aromatic rings. The van der Waals surface area contributed by atoms with Crippen LogP contribution in [0.25, 0.3) is 0 Å². The van der Waals surface area contributed by atoms with Crippen molar-refractivity contribution in [1.29, 1.82) is 0 Å². The third-order valence-corrected chi connectivity index (χ3v) is 6.44. The van der Waals surface area contributed by atoms with Gasteiger partial charge in [-0.3, -0.25) is 4.79 Å². The van der Waals surface area contributed by atoms with E-state index in [1.54, 1.807) is 0 Å². The van der Waals surface area contributed by atoms with E-state index in [9.17, 15) is 4.79 Å². The molecule has 0 N–H and O–H groups in total. The van der Waals surface area contributed by atoms with Gasteiger partial charge in [0.15, 0.2) is 0 Å². The van der Waals surface area contributed by atoms with Crippen LogP contribution in [0.2, 0.25) is 0 Å². The number of carbonyl (C=O) groups excluding carboxylic acids is 1. The first kappa shape index (κ1) is 12.8. The van der Waals surface area contributed by atoms with E-state index >= 15 is 0 Å². The number of nitrogens with zero attached hydrogens (tertiary/aromatic N) is 2. The molecule has 0 spiro atoms. The van der Waals surface area contributed by atoms with Crippen LogP contribution in [0.1, 0.15) is 48.7 Å². The average molecular weight is 290 g/mol. The number of aryl methyl sites for hydroxylation is 1. The van der Waals surface area contributed by atoms with E-state index < -0.39 is 0 Å². The van der Waals surface area contributed by atoms with Gasteiger partial charge in [-0.2, -0.15) is 0 Å². The molecule has 2 saturated carbocycles. The molecule has 1 aromatic heterocycles. The summed E-state index contributed by atoms with van der Waals surface area (Å²) >= 11 is 1.84. The van der Waals surface area contributed by atoms with Crippen molar-refractivity contribution in [2.24, 2.45) is 17.3 Å². The van der Waals surface area contributed by atoms with Gasteiger partial charge in [0.2, 0.25) is 5.91 Å². The highest BCUT2D eigenvalue weighted by Gasteiger charge is 2.75. The highest BCUT2D eigenvalue weighted by atomic mass is 32.1. The summed E-state index contributed by atoms with van der Waals surface area (Å²) in [5.41, 5.74) is 1.40. The van der Waals surface area contributed by atoms with Crippen LogP contribution in [0.15, 0.2) is 0 Å². The number of fused-ring (bicyclic) bond motifs is 2. The van der Waals surface area contributed by atoms with E-state index in [1.807, 2.05) is 16.2 Å². The van der Waals surface area contributed by atoms with Crippen molar-refractivity contribution < 1.29 is 4.79 Å². The molecule has 3 aliphatic carbocycles. The fraction of sp³-hybridized carbons (Fsp3) is 0.750. The number of hydrogen-bond donors (Lipinski definition) is 0. The standard InChI is InChI=1S/C16H22N2OS/c1-3-18(15(19)16-7-11(16)8-16)9-14-17-12-5-4-10(2)6-13(12)20-14/h10-11H,3-9H2,1-2H3. The van der Waals surface area contributed by atoms with Crippen LogP contribution in [-0.4, -0.2) is 22.3 Å². The van der Waals surface area contributed by atoms with Crippen LogP contribution in [0, 0.1) is 17.3 Å². The quantitative estimate of drug-likeness (QED) is 0.854. The van der Waals surface area contributed by atoms with Gasteiger partial charge in [0.1, 0.15) is 5.01 Å². The molecular weight excluding hydrogens is 268 g/mol. The Kier molecular flexibility index (Phi) is 2.75. The molecule has 4 rings (SSSR count). The van der Waals surface area contributed by atoms with Gasteiger partial charge in [0.25, 0.3) is 0 Å². The third kappa shape index (κ3) is 1.92. The molecule has 0 aromatic carbocycles. The average Bonchev–Trinajstić information content (AvgIpc) is 3.24. The number of aromatic nitrogens is 1. The Bertz CT molecular complexity index is 559. The molecule has 0 bridgehead atoms. The molecule has 1 heterocycles. The molecule has 3 aliphatic rings. The number of rotatable bonds is 4. The molecular formula is C16H22N2OS. The molecule has 0 aliphatic heterocycles. The summed E-state index contributed by atoms with van der Waals surface area (Å²) < 4.78 is 0. The van der Waals surface area contributed by atoms with Crippen molar-refractivity contribution in [2.45, 2.75) is 52.5 Å². The predicted octanol–water partition coefficient (Wildman–Crippen LogP) is 3.03. The van der Waals surface area contributed by atoms with Crippen molar-refractivity contribution in [3.63, 3.8) is 0 Å². The van der Waals surface area contributed by atoms with Gasteiger partial charge < -0.3 is 4.90 Å². The van der Waals surface area contributed by atoms with E-state index in [1.165, 1.54) is 23.4 Å². The first-order chi connectivity index (χ1) is 9.62. The summed E-state index contributed by atoms with van der Waals surface area (Å²) in [5, 5.41) is 1.15. The van der Waals surface area contributed by atoms with Crippen molar-refractivity contribution in [3.05, 3.63) is 15.6 Å². The molecule has 0 radical (unpaired) electrons. The van der Waals surface area contributed by atoms with Crippen LogP contribution >= 0.6 is 11.3 Å². The molecule has 1 amide bonds. The summed E-state index contributed by atoms with van der Waals surface area (Å²) in [6.07, 6.45) is 5.86. The van der Waals surface area contributed by atoms with Gasteiger partial charge in [-0.25, -0.2) is 4.98 Å². The number of carbonyl (C=O) groups is 1.